The van der Waals surface area contributed by atoms with Crippen molar-refractivity contribution in [2.24, 2.45) is 0 Å². The Kier molecular flexibility index (Phi) is 5.89. The maximum atomic E-state index is 10.2. The summed E-state index contributed by atoms with van der Waals surface area (Å²) in [7, 11) is 0. The van der Waals surface area contributed by atoms with Crippen molar-refractivity contribution in [2.45, 2.75) is 25.6 Å². The molecule has 0 saturated carbocycles. The zero-order chi connectivity index (χ0) is 18.2. The quantitative estimate of drug-likeness (QED) is 0.665. The zero-order valence-corrected chi connectivity index (χ0v) is 14.3. The molecule has 2 atom stereocenters. The van der Waals surface area contributed by atoms with E-state index < -0.39 is 6.58 Å². The minimum absolute atomic E-state index is 0.280. The lowest BCUT2D eigenvalue weighted by atomic mass is 10.0. The van der Waals surface area contributed by atoms with Crippen molar-refractivity contribution in [2.75, 3.05) is 6.58 Å². The van der Waals surface area contributed by atoms with Crippen LogP contribution in [-0.4, -0.2) is 22.6 Å². The number of rotatable bonds is 8. The first-order chi connectivity index (χ1) is 12.7. The number of nitrogens with zero attached hydrogens (tertiary/aromatic N) is 1. The van der Waals surface area contributed by atoms with Crippen LogP contribution in [0.1, 0.15) is 18.1 Å². The molecule has 0 fully saturated rings. The maximum absolute atomic E-state index is 10.2. The molecule has 1 N–H and O–H groups in total. The highest BCUT2D eigenvalue weighted by molar-refractivity contribution is 5.19. The molecule has 2 heteroatoms. The monoisotopic (exact) mass is 332 g/mol. The average Bonchev–Trinajstić information content (AvgIpc) is 2.68. The largest absolute Gasteiger partial charge is 0.395 e. The molecule has 0 aromatic heterocycles. The van der Waals surface area contributed by atoms with Gasteiger partial charge in [-0.25, -0.2) is 0 Å². The van der Waals surface area contributed by atoms with Gasteiger partial charge in [-0.15, -0.1) is 0 Å². The molecule has 0 saturated heterocycles. The Balaban J connectivity index is 1.85. The Morgan fingerprint density at radius 1 is 0.680 bits per heavy atom. The molecular formula is C23H25NO. The number of aliphatic hydroxyl groups is 1. The van der Waals surface area contributed by atoms with Crippen molar-refractivity contribution < 1.29 is 6.48 Å². The van der Waals surface area contributed by atoms with E-state index >= 15 is 0 Å². The summed E-state index contributed by atoms with van der Waals surface area (Å²) in [6.45, 7) is 0.231. The SMILES string of the molecule is [2H]C(O)C(Cc1ccccc1)N(Cc1ccccc1)Cc1ccccc1. The second-order valence-corrected chi connectivity index (χ2v) is 6.28. The predicted molar refractivity (Wildman–Crippen MR) is 103 cm³/mol. The van der Waals surface area contributed by atoms with E-state index in [9.17, 15) is 5.11 Å². The van der Waals surface area contributed by atoms with Crippen LogP contribution in [0.15, 0.2) is 91.0 Å². The highest BCUT2D eigenvalue weighted by Gasteiger charge is 2.19. The summed E-state index contributed by atoms with van der Waals surface area (Å²) in [4.78, 5) is 2.20. The zero-order valence-electron chi connectivity index (χ0n) is 15.3. The van der Waals surface area contributed by atoms with E-state index in [0.29, 0.717) is 19.5 Å². The fourth-order valence-corrected chi connectivity index (χ4v) is 3.06. The van der Waals surface area contributed by atoms with Gasteiger partial charge in [0.05, 0.1) is 7.95 Å². The van der Waals surface area contributed by atoms with Crippen LogP contribution in [0, 0.1) is 0 Å². The van der Waals surface area contributed by atoms with Gasteiger partial charge in [-0.2, -0.15) is 0 Å². The van der Waals surface area contributed by atoms with Crippen molar-refractivity contribution in [1.29, 1.82) is 0 Å². The Morgan fingerprint density at radius 3 is 1.48 bits per heavy atom. The summed E-state index contributed by atoms with van der Waals surface area (Å²) in [6, 6.07) is 30.3. The topological polar surface area (TPSA) is 23.5 Å². The highest BCUT2D eigenvalue weighted by atomic mass is 16.3. The number of aliphatic hydroxyl groups excluding tert-OH is 1. The molecule has 0 aliphatic rings. The molecule has 0 heterocycles. The van der Waals surface area contributed by atoms with Gasteiger partial charge in [0.25, 0.3) is 0 Å². The fraction of sp³-hybridized carbons (Fsp3) is 0.217. The van der Waals surface area contributed by atoms with Gasteiger partial charge < -0.3 is 5.11 Å². The summed E-state index contributed by atoms with van der Waals surface area (Å²) >= 11 is 0. The number of benzene rings is 3. The van der Waals surface area contributed by atoms with Crippen LogP contribution < -0.4 is 0 Å². The van der Waals surface area contributed by atoms with Crippen molar-refractivity contribution in [1.82, 2.24) is 4.90 Å². The molecule has 2 nitrogen and oxygen atoms in total. The Bertz CT molecular complexity index is 720. The van der Waals surface area contributed by atoms with E-state index in [4.69, 9.17) is 1.37 Å². The van der Waals surface area contributed by atoms with Gasteiger partial charge in [-0.3, -0.25) is 4.90 Å². The maximum Gasteiger partial charge on any atom is 0.0590 e. The van der Waals surface area contributed by atoms with Crippen molar-refractivity contribution in [3.05, 3.63) is 108 Å². The van der Waals surface area contributed by atoms with E-state index in [-0.39, 0.29) is 6.04 Å². The van der Waals surface area contributed by atoms with Crippen molar-refractivity contribution in [3.63, 3.8) is 0 Å². The van der Waals surface area contributed by atoms with Gasteiger partial charge in [-0.05, 0) is 23.1 Å². The van der Waals surface area contributed by atoms with Crippen LogP contribution in [0.4, 0.5) is 0 Å². The van der Waals surface area contributed by atoms with Crippen LogP contribution in [0.3, 0.4) is 0 Å². The molecule has 25 heavy (non-hydrogen) atoms. The number of hydrogen-bond donors (Lipinski definition) is 1. The summed E-state index contributed by atoms with van der Waals surface area (Å²) in [5, 5.41) is 10.2. The Labute approximate surface area is 151 Å². The fourth-order valence-electron chi connectivity index (χ4n) is 3.06. The van der Waals surface area contributed by atoms with Gasteiger partial charge in [0.1, 0.15) is 0 Å². The van der Waals surface area contributed by atoms with Gasteiger partial charge in [0, 0.05) is 19.1 Å². The summed E-state index contributed by atoms with van der Waals surface area (Å²) in [6.07, 6.45) is 0.644. The third kappa shape index (κ3) is 5.28. The first-order valence-electron chi connectivity index (χ1n) is 9.26. The van der Waals surface area contributed by atoms with Crippen molar-refractivity contribution in [3.8, 4) is 0 Å². The van der Waals surface area contributed by atoms with E-state index in [2.05, 4.69) is 41.3 Å². The summed E-state index contributed by atoms with van der Waals surface area (Å²) in [5.41, 5.74) is 3.50. The third-order valence-electron chi connectivity index (χ3n) is 4.39. The lowest BCUT2D eigenvalue weighted by Crippen LogP contribution is -2.38. The van der Waals surface area contributed by atoms with Crippen LogP contribution in [0.25, 0.3) is 0 Å². The summed E-state index contributed by atoms with van der Waals surface area (Å²) in [5.74, 6) is 0. The molecule has 3 aromatic rings. The first-order valence-corrected chi connectivity index (χ1v) is 8.68. The lowest BCUT2D eigenvalue weighted by Gasteiger charge is -2.31. The molecule has 0 aliphatic carbocycles. The molecule has 2 unspecified atom stereocenters. The van der Waals surface area contributed by atoms with E-state index in [1.807, 2.05) is 54.6 Å². The van der Waals surface area contributed by atoms with Crippen LogP contribution >= 0.6 is 0 Å². The standard InChI is InChI=1S/C23H25NO/c25-19-23(16-20-10-4-1-5-11-20)24(17-21-12-6-2-7-13-21)18-22-14-8-3-9-15-22/h1-15,23,25H,16-19H2/i19D. The van der Waals surface area contributed by atoms with Gasteiger partial charge in [0.15, 0.2) is 0 Å². The minimum Gasteiger partial charge on any atom is -0.395 e. The van der Waals surface area contributed by atoms with Gasteiger partial charge in [-0.1, -0.05) is 91.0 Å². The molecule has 0 radical (unpaired) electrons. The normalized spacial score (nSPS) is 14.1. The third-order valence-corrected chi connectivity index (χ3v) is 4.39. The van der Waals surface area contributed by atoms with Gasteiger partial charge in [0.2, 0.25) is 0 Å². The average molecular weight is 332 g/mol. The first kappa shape index (κ1) is 16.1. The molecule has 3 rings (SSSR count). The minimum atomic E-state index is -1.16. The van der Waals surface area contributed by atoms with Crippen molar-refractivity contribution >= 4 is 0 Å². The van der Waals surface area contributed by atoms with E-state index in [0.717, 1.165) is 5.56 Å². The molecule has 0 amide bonds. The predicted octanol–water partition coefficient (Wildman–Crippen LogP) is 4.29. The Hall–Kier alpha value is -2.42. The van der Waals surface area contributed by atoms with Crippen LogP contribution in [0.2, 0.25) is 0 Å². The number of hydrogen-bond acceptors (Lipinski definition) is 2. The second kappa shape index (κ2) is 9.16. The molecule has 3 aromatic carbocycles. The summed E-state index contributed by atoms with van der Waals surface area (Å²) < 4.78 is 8.06. The van der Waals surface area contributed by atoms with Crippen LogP contribution in [-0.2, 0) is 19.5 Å². The van der Waals surface area contributed by atoms with E-state index in [1.165, 1.54) is 11.1 Å². The molecule has 0 spiro atoms. The smallest absolute Gasteiger partial charge is 0.0590 e. The molecule has 128 valence electrons. The van der Waals surface area contributed by atoms with Crippen LogP contribution in [0.5, 0.6) is 0 Å². The van der Waals surface area contributed by atoms with Gasteiger partial charge >= 0.3 is 0 Å². The highest BCUT2D eigenvalue weighted by Crippen LogP contribution is 2.16. The second-order valence-electron chi connectivity index (χ2n) is 6.28. The molecular weight excluding hydrogens is 306 g/mol. The molecule has 0 aliphatic heterocycles. The van der Waals surface area contributed by atoms with E-state index in [1.54, 1.807) is 0 Å². The Morgan fingerprint density at radius 2 is 1.08 bits per heavy atom. The molecule has 0 bridgehead atoms. The lowest BCUT2D eigenvalue weighted by molar-refractivity contribution is 0.109.